The quantitative estimate of drug-likeness (QED) is 0.840. The molecule has 1 saturated heterocycles. The summed E-state index contributed by atoms with van der Waals surface area (Å²) in [7, 11) is 0. The first-order valence-corrected chi connectivity index (χ1v) is 6.45. The van der Waals surface area contributed by atoms with Gasteiger partial charge in [0.2, 0.25) is 0 Å². The largest absolute Gasteiger partial charge is 0.372 e. The Balaban J connectivity index is 1.80. The fourth-order valence-corrected chi connectivity index (χ4v) is 2.54. The molecule has 17 heavy (non-hydrogen) atoms. The van der Waals surface area contributed by atoms with Gasteiger partial charge in [0.25, 0.3) is 0 Å². The van der Waals surface area contributed by atoms with Crippen molar-refractivity contribution in [1.82, 2.24) is 5.32 Å². The molecule has 0 amide bonds. The first kappa shape index (κ1) is 10.5. The maximum Gasteiger partial charge on any atom is 0.0916 e. The number of hydrogen-bond donors (Lipinski definition) is 1. The molecular formula is C14H19N3. The van der Waals surface area contributed by atoms with Crippen LogP contribution >= 0.6 is 0 Å². The predicted molar refractivity (Wildman–Crippen MR) is 72.1 cm³/mol. The standard InChI is InChI=1S/C14H19N3/c1-2-8-16(9-3-1)13-5-4-6-14(11-13)17-10-7-15-12-17/h4-7,10-11,15H,1-3,8-9,12H2. The van der Waals surface area contributed by atoms with E-state index in [1.165, 1.54) is 43.7 Å². The van der Waals surface area contributed by atoms with E-state index < -0.39 is 0 Å². The molecule has 90 valence electrons. The maximum absolute atomic E-state index is 3.20. The summed E-state index contributed by atoms with van der Waals surface area (Å²) in [5.41, 5.74) is 2.64. The summed E-state index contributed by atoms with van der Waals surface area (Å²) in [5.74, 6) is 0. The van der Waals surface area contributed by atoms with Crippen molar-refractivity contribution in [3.05, 3.63) is 36.7 Å². The summed E-state index contributed by atoms with van der Waals surface area (Å²) < 4.78 is 0. The van der Waals surface area contributed by atoms with E-state index in [0.717, 1.165) is 6.67 Å². The summed E-state index contributed by atoms with van der Waals surface area (Å²) >= 11 is 0. The molecule has 3 rings (SSSR count). The van der Waals surface area contributed by atoms with Gasteiger partial charge < -0.3 is 15.1 Å². The SMILES string of the molecule is C1=CN(c2cccc(N3CCCCC3)c2)CN1. The number of benzene rings is 1. The van der Waals surface area contributed by atoms with E-state index in [1.807, 2.05) is 6.20 Å². The summed E-state index contributed by atoms with van der Waals surface area (Å²) in [6.45, 7) is 3.29. The fourth-order valence-electron chi connectivity index (χ4n) is 2.54. The van der Waals surface area contributed by atoms with Gasteiger partial charge in [-0.15, -0.1) is 0 Å². The zero-order chi connectivity index (χ0) is 11.5. The van der Waals surface area contributed by atoms with Crippen LogP contribution < -0.4 is 15.1 Å². The highest BCUT2D eigenvalue weighted by molar-refractivity contribution is 5.61. The second kappa shape index (κ2) is 4.70. The zero-order valence-corrected chi connectivity index (χ0v) is 10.1. The van der Waals surface area contributed by atoms with Gasteiger partial charge in [0.1, 0.15) is 0 Å². The van der Waals surface area contributed by atoms with E-state index in [-0.39, 0.29) is 0 Å². The third kappa shape index (κ3) is 2.23. The van der Waals surface area contributed by atoms with E-state index in [9.17, 15) is 0 Å². The molecule has 2 aliphatic heterocycles. The molecule has 0 atom stereocenters. The molecule has 0 aliphatic carbocycles. The molecule has 2 heterocycles. The Hall–Kier alpha value is -1.64. The van der Waals surface area contributed by atoms with Crippen LogP contribution in [0, 0.1) is 0 Å². The molecule has 3 heteroatoms. The number of anilines is 2. The molecule has 1 N–H and O–H groups in total. The van der Waals surface area contributed by atoms with Gasteiger partial charge in [0.05, 0.1) is 6.67 Å². The molecule has 1 fully saturated rings. The normalized spacial score (nSPS) is 19.5. The van der Waals surface area contributed by atoms with Crippen molar-refractivity contribution in [3.63, 3.8) is 0 Å². The van der Waals surface area contributed by atoms with E-state index in [4.69, 9.17) is 0 Å². The Morgan fingerprint density at radius 1 is 1.00 bits per heavy atom. The minimum Gasteiger partial charge on any atom is -0.372 e. The van der Waals surface area contributed by atoms with Crippen LogP contribution in [0.4, 0.5) is 11.4 Å². The van der Waals surface area contributed by atoms with Crippen molar-refractivity contribution in [2.45, 2.75) is 19.3 Å². The summed E-state index contributed by atoms with van der Waals surface area (Å²) in [6.07, 6.45) is 8.13. The molecular weight excluding hydrogens is 210 g/mol. The van der Waals surface area contributed by atoms with Gasteiger partial charge in [0, 0.05) is 36.9 Å². The second-order valence-electron chi connectivity index (χ2n) is 4.72. The molecule has 1 aromatic carbocycles. The highest BCUT2D eigenvalue weighted by atomic mass is 15.2. The van der Waals surface area contributed by atoms with Crippen LogP contribution in [0.2, 0.25) is 0 Å². The van der Waals surface area contributed by atoms with E-state index in [0.29, 0.717) is 0 Å². The lowest BCUT2D eigenvalue weighted by molar-refractivity contribution is 0.578. The summed E-state index contributed by atoms with van der Waals surface area (Å²) in [6, 6.07) is 8.85. The lowest BCUT2D eigenvalue weighted by Gasteiger charge is -2.29. The Labute approximate surface area is 103 Å². The van der Waals surface area contributed by atoms with Gasteiger partial charge in [-0.05, 0) is 37.5 Å². The van der Waals surface area contributed by atoms with Crippen LogP contribution in [-0.4, -0.2) is 19.8 Å². The number of rotatable bonds is 2. The fraction of sp³-hybridized carbons (Fsp3) is 0.429. The number of nitrogens with one attached hydrogen (secondary N) is 1. The first-order valence-electron chi connectivity index (χ1n) is 6.45. The smallest absolute Gasteiger partial charge is 0.0916 e. The van der Waals surface area contributed by atoms with Crippen molar-refractivity contribution in [3.8, 4) is 0 Å². The Kier molecular flexibility index (Phi) is 2.90. The average molecular weight is 229 g/mol. The van der Waals surface area contributed by atoms with Crippen molar-refractivity contribution in [1.29, 1.82) is 0 Å². The Morgan fingerprint density at radius 3 is 2.59 bits per heavy atom. The highest BCUT2D eigenvalue weighted by Crippen LogP contribution is 2.25. The summed E-state index contributed by atoms with van der Waals surface area (Å²) in [5, 5.41) is 3.20. The van der Waals surface area contributed by atoms with Gasteiger partial charge in [-0.25, -0.2) is 0 Å². The van der Waals surface area contributed by atoms with Gasteiger partial charge in [-0.2, -0.15) is 0 Å². The van der Waals surface area contributed by atoms with E-state index in [1.54, 1.807) is 0 Å². The van der Waals surface area contributed by atoms with Gasteiger partial charge in [-0.1, -0.05) is 6.07 Å². The van der Waals surface area contributed by atoms with Crippen LogP contribution in [-0.2, 0) is 0 Å². The van der Waals surface area contributed by atoms with Crippen molar-refractivity contribution in [2.24, 2.45) is 0 Å². The number of nitrogens with zero attached hydrogens (tertiary/aromatic N) is 2. The van der Waals surface area contributed by atoms with Gasteiger partial charge >= 0.3 is 0 Å². The number of piperidine rings is 1. The zero-order valence-electron chi connectivity index (χ0n) is 10.1. The highest BCUT2D eigenvalue weighted by Gasteiger charge is 2.12. The number of hydrogen-bond acceptors (Lipinski definition) is 3. The molecule has 0 aromatic heterocycles. The van der Waals surface area contributed by atoms with E-state index in [2.05, 4.69) is 45.6 Å². The van der Waals surface area contributed by atoms with Crippen LogP contribution in [0.5, 0.6) is 0 Å². The Bertz CT molecular complexity index is 408. The molecule has 1 aromatic rings. The van der Waals surface area contributed by atoms with E-state index >= 15 is 0 Å². The third-order valence-corrected chi connectivity index (χ3v) is 3.52. The first-order chi connectivity index (χ1) is 8.43. The minimum absolute atomic E-state index is 0.878. The van der Waals surface area contributed by atoms with Crippen LogP contribution in [0.3, 0.4) is 0 Å². The second-order valence-corrected chi connectivity index (χ2v) is 4.72. The van der Waals surface area contributed by atoms with Crippen LogP contribution in [0.15, 0.2) is 36.7 Å². The third-order valence-electron chi connectivity index (χ3n) is 3.52. The van der Waals surface area contributed by atoms with Gasteiger partial charge in [-0.3, -0.25) is 0 Å². The molecule has 0 radical (unpaired) electrons. The minimum atomic E-state index is 0.878. The van der Waals surface area contributed by atoms with Gasteiger partial charge in [0.15, 0.2) is 0 Å². The van der Waals surface area contributed by atoms with Crippen molar-refractivity contribution in [2.75, 3.05) is 29.6 Å². The van der Waals surface area contributed by atoms with Crippen molar-refractivity contribution < 1.29 is 0 Å². The average Bonchev–Trinajstić information content (AvgIpc) is 2.94. The molecule has 0 bridgehead atoms. The lowest BCUT2D eigenvalue weighted by Crippen LogP contribution is -2.29. The molecule has 2 aliphatic rings. The summed E-state index contributed by atoms with van der Waals surface area (Å²) in [4.78, 5) is 4.73. The molecule has 3 nitrogen and oxygen atoms in total. The van der Waals surface area contributed by atoms with Crippen molar-refractivity contribution >= 4 is 11.4 Å². The Morgan fingerprint density at radius 2 is 1.82 bits per heavy atom. The predicted octanol–water partition coefficient (Wildman–Crippen LogP) is 2.52. The molecule has 0 unspecified atom stereocenters. The molecule has 0 saturated carbocycles. The molecule has 0 spiro atoms. The monoisotopic (exact) mass is 229 g/mol. The lowest BCUT2D eigenvalue weighted by atomic mass is 10.1. The maximum atomic E-state index is 3.20. The topological polar surface area (TPSA) is 18.5 Å². The van der Waals surface area contributed by atoms with Crippen LogP contribution in [0.25, 0.3) is 0 Å². The van der Waals surface area contributed by atoms with Crippen LogP contribution in [0.1, 0.15) is 19.3 Å².